The summed E-state index contributed by atoms with van der Waals surface area (Å²) < 4.78 is 4.79. The molecular formula is C11H16N2O2S. The van der Waals surface area contributed by atoms with Gasteiger partial charge in [0, 0.05) is 25.7 Å². The van der Waals surface area contributed by atoms with Gasteiger partial charge in [0.05, 0.1) is 7.11 Å². The number of carbonyl (C=O) groups excluding carboxylic acids is 1. The van der Waals surface area contributed by atoms with Crippen molar-refractivity contribution in [2.75, 3.05) is 33.8 Å². The summed E-state index contributed by atoms with van der Waals surface area (Å²) in [6, 6.07) is 2.29. The molecule has 0 amide bonds. The number of nitrogens with zero attached hydrogens (tertiary/aromatic N) is 1. The Bertz CT molecular complexity index is 378. The van der Waals surface area contributed by atoms with Crippen LogP contribution >= 0.6 is 11.3 Å². The van der Waals surface area contributed by atoms with E-state index in [1.54, 1.807) is 0 Å². The fraction of sp³-hybridized carbons (Fsp3) is 0.545. The van der Waals surface area contributed by atoms with Crippen molar-refractivity contribution >= 4 is 17.3 Å². The maximum absolute atomic E-state index is 11.6. The molecule has 1 aromatic rings. The summed E-state index contributed by atoms with van der Waals surface area (Å²) in [6.45, 7) is 2.89. The van der Waals surface area contributed by atoms with Gasteiger partial charge in [0.1, 0.15) is 4.88 Å². The number of likely N-dealkylation sites (N-methyl/N-ethyl adjacent to an activating group) is 1. The number of piperazine rings is 1. The molecule has 1 fully saturated rings. The molecular weight excluding hydrogens is 224 g/mol. The molecule has 0 bridgehead atoms. The second kappa shape index (κ2) is 4.95. The Morgan fingerprint density at radius 1 is 1.69 bits per heavy atom. The van der Waals surface area contributed by atoms with Crippen LogP contribution in [0.4, 0.5) is 0 Å². The highest BCUT2D eigenvalue weighted by atomic mass is 32.1. The molecule has 2 heterocycles. The number of esters is 1. The Kier molecular flexibility index (Phi) is 3.58. The molecule has 2 rings (SSSR count). The van der Waals surface area contributed by atoms with Gasteiger partial charge in [0.15, 0.2) is 0 Å². The minimum Gasteiger partial charge on any atom is -0.465 e. The second-order valence-electron chi connectivity index (χ2n) is 3.90. The van der Waals surface area contributed by atoms with Gasteiger partial charge in [-0.3, -0.25) is 4.90 Å². The number of nitrogens with one attached hydrogen (secondary N) is 1. The minimum absolute atomic E-state index is 0.232. The van der Waals surface area contributed by atoms with Crippen molar-refractivity contribution in [3.8, 4) is 0 Å². The van der Waals surface area contributed by atoms with E-state index in [2.05, 4.69) is 17.3 Å². The molecule has 1 atom stereocenters. The van der Waals surface area contributed by atoms with Crippen molar-refractivity contribution in [3.05, 3.63) is 21.9 Å². The van der Waals surface area contributed by atoms with Crippen LogP contribution in [-0.2, 0) is 4.74 Å². The van der Waals surface area contributed by atoms with Crippen molar-refractivity contribution in [2.24, 2.45) is 0 Å². The highest BCUT2D eigenvalue weighted by molar-refractivity contribution is 7.12. The van der Waals surface area contributed by atoms with Crippen molar-refractivity contribution in [3.63, 3.8) is 0 Å². The molecule has 0 spiro atoms. The Morgan fingerprint density at radius 2 is 2.50 bits per heavy atom. The van der Waals surface area contributed by atoms with Gasteiger partial charge < -0.3 is 10.1 Å². The van der Waals surface area contributed by atoms with Gasteiger partial charge in [-0.1, -0.05) is 0 Å². The number of ether oxygens (including phenoxy) is 1. The molecule has 16 heavy (non-hydrogen) atoms. The Labute approximate surface area is 99.2 Å². The number of rotatable bonds is 2. The third-order valence-electron chi connectivity index (χ3n) is 2.94. The second-order valence-corrected chi connectivity index (χ2v) is 4.81. The zero-order valence-electron chi connectivity index (χ0n) is 9.53. The van der Waals surface area contributed by atoms with Crippen LogP contribution < -0.4 is 5.32 Å². The molecule has 0 aliphatic carbocycles. The monoisotopic (exact) mass is 240 g/mol. The van der Waals surface area contributed by atoms with Gasteiger partial charge in [-0.05, 0) is 24.1 Å². The molecule has 4 nitrogen and oxygen atoms in total. The number of hydrogen-bond donors (Lipinski definition) is 1. The van der Waals surface area contributed by atoms with Crippen molar-refractivity contribution in [1.29, 1.82) is 0 Å². The maximum Gasteiger partial charge on any atom is 0.348 e. The van der Waals surface area contributed by atoms with Crippen LogP contribution in [0.3, 0.4) is 0 Å². The molecule has 5 heteroatoms. The molecule has 1 aliphatic heterocycles. The maximum atomic E-state index is 11.6. The number of carbonyl (C=O) groups is 1. The van der Waals surface area contributed by atoms with Crippen molar-refractivity contribution in [2.45, 2.75) is 6.04 Å². The summed E-state index contributed by atoms with van der Waals surface area (Å²) >= 11 is 1.45. The molecule has 88 valence electrons. The van der Waals surface area contributed by atoms with E-state index in [-0.39, 0.29) is 12.0 Å². The molecule has 1 N–H and O–H groups in total. The first-order chi connectivity index (χ1) is 7.74. The summed E-state index contributed by atoms with van der Waals surface area (Å²) in [5.74, 6) is -0.232. The number of hydrogen-bond acceptors (Lipinski definition) is 5. The highest BCUT2D eigenvalue weighted by Gasteiger charge is 2.26. The van der Waals surface area contributed by atoms with Crippen molar-refractivity contribution < 1.29 is 9.53 Å². The van der Waals surface area contributed by atoms with Gasteiger partial charge in [-0.25, -0.2) is 4.79 Å². The normalized spacial score (nSPS) is 22.0. The van der Waals surface area contributed by atoms with Gasteiger partial charge in [0.2, 0.25) is 0 Å². The summed E-state index contributed by atoms with van der Waals surface area (Å²) in [4.78, 5) is 14.6. The Balaban J connectivity index is 2.25. The molecule has 1 aromatic heterocycles. The van der Waals surface area contributed by atoms with Crippen LogP contribution in [0, 0.1) is 0 Å². The van der Waals surface area contributed by atoms with E-state index in [1.807, 2.05) is 11.4 Å². The quantitative estimate of drug-likeness (QED) is 0.786. The molecule has 1 aliphatic rings. The zero-order chi connectivity index (χ0) is 11.5. The first kappa shape index (κ1) is 11.6. The summed E-state index contributed by atoms with van der Waals surface area (Å²) in [6.07, 6.45) is 0. The van der Waals surface area contributed by atoms with E-state index in [0.717, 1.165) is 30.1 Å². The van der Waals surface area contributed by atoms with Crippen LogP contribution in [0.25, 0.3) is 0 Å². The largest absolute Gasteiger partial charge is 0.465 e. The van der Waals surface area contributed by atoms with Crippen LogP contribution in [0.15, 0.2) is 11.4 Å². The van der Waals surface area contributed by atoms with E-state index in [0.29, 0.717) is 0 Å². The molecule has 0 saturated carbocycles. The van der Waals surface area contributed by atoms with Gasteiger partial charge in [0.25, 0.3) is 0 Å². The fourth-order valence-corrected chi connectivity index (χ4v) is 2.86. The lowest BCUT2D eigenvalue weighted by atomic mass is 10.0. The summed E-state index contributed by atoms with van der Waals surface area (Å²) in [7, 11) is 3.51. The fourth-order valence-electron chi connectivity index (χ4n) is 1.99. The molecule has 1 saturated heterocycles. The standard InChI is InChI=1S/C11H16N2O2S/c1-13-5-4-12-7-9(13)8-3-6-16-10(8)11(14)15-2/h3,6,9,12H,4-5,7H2,1-2H3. The number of thiophene rings is 1. The first-order valence-electron chi connectivity index (χ1n) is 5.30. The minimum atomic E-state index is -0.232. The van der Waals surface area contributed by atoms with E-state index >= 15 is 0 Å². The van der Waals surface area contributed by atoms with Crippen LogP contribution in [0.1, 0.15) is 21.3 Å². The average molecular weight is 240 g/mol. The van der Waals surface area contributed by atoms with E-state index in [1.165, 1.54) is 18.4 Å². The van der Waals surface area contributed by atoms with Crippen LogP contribution in [-0.4, -0.2) is 44.7 Å². The van der Waals surface area contributed by atoms with E-state index in [9.17, 15) is 4.79 Å². The molecule has 0 aromatic carbocycles. The van der Waals surface area contributed by atoms with Gasteiger partial charge >= 0.3 is 5.97 Å². The third-order valence-corrected chi connectivity index (χ3v) is 3.85. The Morgan fingerprint density at radius 3 is 3.19 bits per heavy atom. The van der Waals surface area contributed by atoms with E-state index < -0.39 is 0 Å². The van der Waals surface area contributed by atoms with Gasteiger partial charge in [-0.15, -0.1) is 11.3 Å². The predicted molar refractivity (Wildman–Crippen MR) is 63.9 cm³/mol. The third kappa shape index (κ3) is 2.11. The molecule has 1 unspecified atom stereocenters. The predicted octanol–water partition coefficient (Wildman–Crippen LogP) is 1.11. The highest BCUT2D eigenvalue weighted by Crippen LogP contribution is 2.28. The zero-order valence-corrected chi connectivity index (χ0v) is 10.3. The topological polar surface area (TPSA) is 41.6 Å². The van der Waals surface area contributed by atoms with Crippen LogP contribution in [0.5, 0.6) is 0 Å². The average Bonchev–Trinajstić information content (AvgIpc) is 2.77. The lowest BCUT2D eigenvalue weighted by Gasteiger charge is -2.33. The van der Waals surface area contributed by atoms with Crippen molar-refractivity contribution in [1.82, 2.24) is 10.2 Å². The summed E-state index contributed by atoms with van der Waals surface area (Å²) in [5, 5.41) is 5.30. The van der Waals surface area contributed by atoms with Crippen LogP contribution in [0.2, 0.25) is 0 Å². The Hall–Kier alpha value is -0.910. The smallest absolute Gasteiger partial charge is 0.348 e. The first-order valence-corrected chi connectivity index (χ1v) is 6.18. The van der Waals surface area contributed by atoms with Gasteiger partial charge in [-0.2, -0.15) is 0 Å². The molecule has 0 radical (unpaired) electrons. The number of methoxy groups -OCH3 is 1. The lowest BCUT2D eigenvalue weighted by molar-refractivity contribution is 0.0602. The van der Waals surface area contributed by atoms with E-state index in [4.69, 9.17) is 4.74 Å². The SMILES string of the molecule is COC(=O)c1sccc1C1CNCCN1C. The summed E-state index contributed by atoms with van der Waals surface area (Å²) in [5.41, 5.74) is 1.08. The lowest BCUT2D eigenvalue weighted by Crippen LogP contribution is -2.44.